The monoisotopic (exact) mass is 298 g/mol. The Labute approximate surface area is 120 Å². The summed E-state index contributed by atoms with van der Waals surface area (Å²) in [6, 6.07) is 7.10. The Morgan fingerprint density at radius 3 is 2.25 bits per heavy atom. The number of piperidine rings is 1. The molecule has 1 heterocycles. The zero-order chi connectivity index (χ0) is 14.8. The van der Waals surface area contributed by atoms with Gasteiger partial charge in [0, 0.05) is 19.1 Å². The highest BCUT2D eigenvalue weighted by Crippen LogP contribution is 2.29. The third kappa shape index (κ3) is 3.71. The Kier molecular flexibility index (Phi) is 4.67. The Hall–Kier alpha value is -1.11. The van der Waals surface area contributed by atoms with E-state index in [1.807, 2.05) is 26.0 Å². The minimum Gasteiger partial charge on any atom is -0.508 e. The van der Waals surface area contributed by atoms with E-state index in [0.717, 1.165) is 18.4 Å². The van der Waals surface area contributed by atoms with Crippen LogP contribution in [0.4, 0.5) is 0 Å². The molecule has 0 radical (unpaired) electrons. The first-order chi connectivity index (χ1) is 9.38. The molecule has 20 heavy (non-hydrogen) atoms. The van der Waals surface area contributed by atoms with Crippen LogP contribution in [0.3, 0.4) is 0 Å². The molecule has 1 aliphatic rings. The number of hydrogen-bond donors (Lipinski definition) is 2. The molecule has 1 aromatic carbocycles. The molecular formula is C14H22N2O3S. The third-order valence-corrected chi connectivity index (χ3v) is 5.36. The van der Waals surface area contributed by atoms with Crippen LogP contribution in [0.1, 0.15) is 38.2 Å². The highest BCUT2D eigenvalue weighted by Gasteiger charge is 2.28. The molecule has 0 spiro atoms. The Morgan fingerprint density at radius 2 is 1.75 bits per heavy atom. The maximum Gasteiger partial charge on any atom is 0.279 e. The van der Waals surface area contributed by atoms with Crippen LogP contribution in [0.25, 0.3) is 0 Å². The van der Waals surface area contributed by atoms with Gasteiger partial charge in [0.05, 0.1) is 0 Å². The van der Waals surface area contributed by atoms with Gasteiger partial charge in [0.25, 0.3) is 10.2 Å². The van der Waals surface area contributed by atoms with Crippen molar-refractivity contribution in [3.63, 3.8) is 0 Å². The smallest absolute Gasteiger partial charge is 0.279 e. The summed E-state index contributed by atoms with van der Waals surface area (Å²) in [5.41, 5.74) is 1.16. The van der Waals surface area contributed by atoms with Gasteiger partial charge in [-0.3, -0.25) is 0 Å². The molecule has 0 saturated carbocycles. The Morgan fingerprint density at radius 1 is 1.20 bits per heavy atom. The van der Waals surface area contributed by atoms with Crippen molar-refractivity contribution in [1.82, 2.24) is 9.03 Å². The highest BCUT2D eigenvalue weighted by molar-refractivity contribution is 7.87. The lowest BCUT2D eigenvalue weighted by Gasteiger charge is -2.32. The SMILES string of the molecule is CC(C)NS(=O)(=O)N1CCC(c2ccc(O)cc2)CC1. The number of rotatable bonds is 4. The lowest BCUT2D eigenvalue weighted by atomic mass is 9.90. The molecule has 1 saturated heterocycles. The highest BCUT2D eigenvalue weighted by atomic mass is 32.2. The topological polar surface area (TPSA) is 69.6 Å². The van der Waals surface area contributed by atoms with E-state index in [1.54, 1.807) is 12.1 Å². The normalized spacial score (nSPS) is 18.6. The summed E-state index contributed by atoms with van der Waals surface area (Å²) >= 11 is 0. The number of benzene rings is 1. The second kappa shape index (κ2) is 6.11. The van der Waals surface area contributed by atoms with Crippen LogP contribution in [0, 0.1) is 0 Å². The zero-order valence-electron chi connectivity index (χ0n) is 11.9. The molecule has 5 nitrogen and oxygen atoms in total. The van der Waals surface area contributed by atoms with E-state index >= 15 is 0 Å². The van der Waals surface area contributed by atoms with E-state index < -0.39 is 10.2 Å². The van der Waals surface area contributed by atoms with Crippen LogP contribution in [0.5, 0.6) is 5.75 Å². The van der Waals surface area contributed by atoms with Crippen LogP contribution in [-0.4, -0.2) is 37.0 Å². The van der Waals surface area contributed by atoms with E-state index in [1.165, 1.54) is 4.31 Å². The molecule has 0 aliphatic carbocycles. The van der Waals surface area contributed by atoms with E-state index in [9.17, 15) is 13.5 Å². The summed E-state index contributed by atoms with van der Waals surface area (Å²) in [4.78, 5) is 0. The number of nitrogens with zero attached hydrogens (tertiary/aromatic N) is 1. The molecule has 0 bridgehead atoms. The summed E-state index contributed by atoms with van der Waals surface area (Å²) in [5, 5.41) is 9.29. The maximum absolute atomic E-state index is 12.1. The maximum atomic E-state index is 12.1. The van der Waals surface area contributed by atoms with Crippen molar-refractivity contribution in [2.75, 3.05) is 13.1 Å². The average molecular weight is 298 g/mol. The van der Waals surface area contributed by atoms with Crippen molar-refractivity contribution < 1.29 is 13.5 Å². The second-order valence-corrected chi connectivity index (χ2v) is 7.24. The molecule has 0 aromatic heterocycles. The number of nitrogens with one attached hydrogen (secondary N) is 1. The summed E-state index contributed by atoms with van der Waals surface area (Å²) in [7, 11) is -3.35. The van der Waals surface area contributed by atoms with Crippen molar-refractivity contribution in [2.45, 2.75) is 38.6 Å². The van der Waals surface area contributed by atoms with Crippen LogP contribution in [0.2, 0.25) is 0 Å². The molecule has 1 aliphatic heterocycles. The van der Waals surface area contributed by atoms with Crippen LogP contribution >= 0.6 is 0 Å². The second-order valence-electron chi connectivity index (χ2n) is 5.54. The van der Waals surface area contributed by atoms with E-state index in [2.05, 4.69) is 4.72 Å². The first kappa shape index (κ1) is 15.3. The van der Waals surface area contributed by atoms with Crippen molar-refractivity contribution in [2.24, 2.45) is 0 Å². The first-order valence-electron chi connectivity index (χ1n) is 6.95. The zero-order valence-corrected chi connectivity index (χ0v) is 12.7. The lowest BCUT2D eigenvalue weighted by Crippen LogP contribution is -2.46. The standard InChI is InChI=1S/C14H22N2O3S/c1-11(2)15-20(18,19)16-9-7-13(8-10-16)12-3-5-14(17)6-4-12/h3-6,11,13,15,17H,7-10H2,1-2H3. The van der Waals surface area contributed by atoms with E-state index in [0.29, 0.717) is 19.0 Å². The molecule has 1 aromatic rings. The lowest BCUT2D eigenvalue weighted by molar-refractivity contribution is 0.314. The number of phenolic OH excluding ortho intramolecular Hbond substituents is 1. The first-order valence-corrected chi connectivity index (χ1v) is 8.39. The van der Waals surface area contributed by atoms with Gasteiger partial charge in [0.2, 0.25) is 0 Å². The van der Waals surface area contributed by atoms with Crippen molar-refractivity contribution in [3.05, 3.63) is 29.8 Å². The Balaban J connectivity index is 1.97. The molecule has 112 valence electrons. The number of phenols is 1. The van der Waals surface area contributed by atoms with Crippen LogP contribution < -0.4 is 4.72 Å². The third-order valence-electron chi connectivity index (χ3n) is 3.54. The minimum absolute atomic E-state index is 0.0881. The van der Waals surface area contributed by atoms with Gasteiger partial charge in [-0.1, -0.05) is 12.1 Å². The van der Waals surface area contributed by atoms with Gasteiger partial charge in [-0.15, -0.1) is 0 Å². The molecule has 6 heteroatoms. The molecule has 0 amide bonds. The summed E-state index contributed by atoms with van der Waals surface area (Å²) in [5.74, 6) is 0.621. The van der Waals surface area contributed by atoms with Gasteiger partial charge in [-0.05, 0) is 50.3 Å². The quantitative estimate of drug-likeness (QED) is 0.890. The summed E-state index contributed by atoms with van der Waals surface area (Å²) in [6.45, 7) is 4.71. The van der Waals surface area contributed by atoms with Crippen molar-refractivity contribution >= 4 is 10.2 Å². The predicted molar refractivity (Wildman–Crippen MR) is 78.8 cm³/mol. The van der Waals surface area contributed by atoms with Gasteiger partial charge in [-0.2, -0.15) is 17.4 Å². The summed E-state index contributed by atoms with van der Waals surface area (Å²) < 4.78 is 28.3. The van der Waals surface area contributed by atoms with Gasteiger partial charge >= 0.3 is 0 Å². The fourth-order valence-electron chi connectivity index (χ4n) is 2.55. The molecule has 0 atom stereocenters. The van der Waals surface area contributed by atoms with Gasteiger partial charge < -0.3 is 5.11 Å². The van der Waals surface area contributed by atoms with Gasteiger partial charge in [-0.25, -0.2) is 0 Å². The minimum atomic E-state index is -3.35. The van der Waals surface area contributed by atoms with E-state index in [4.69, 9.17) is 0 Å². The van der Waals surface area contributed by atoms with Gasteiger partial charge in [0.15, 0.2) is 0 Å². The largest absolute Gasteiger partial charge is 0.508 e. The fraction of sp³-hybridized carbons (Fsp3) is 0.571. The van der Waals surface area contributed by atoms with E-state index in [-0.39, 0.29) is 11.8 Å². The molecule has 0 unspecified atom stereocenters. The molecule has 2 rings (SSSR count). The number of aromatic hydroxyl groups is 1. The van der Waals surface area contributed by atoms with Gasteiger partial charge in [0.1, 0.15) is 5.75 Å². The average Bonchev–Trinajstić information content (AvgIpc) is 2.38. The van der Waals surface area contributed by atoms with Crippen LogP contribution in [0.15, 0.2) is 24.3 Å². The van der Waals surface area contributed by atoms with Crippen molar-refractivity contribution in [3.8, 4) is 5.75 Å². The number of hydrogen-bond acceptors (Lipinski definition) is 3. The predicted octanol–water partition coefficient (Wildman–Crippen LogP) is 1.81. The van der Waals surface area contributed by atoms with Crippen LogP contribution in [-0.2, 0) is 10.2 Å². The molecule has 1 fully saturated rings. The fourth-order valence-corrected chi connectivity index (χ4v) is 3.98. The Bertz CT molecular complexity index is 532. The summed E-state index contributed by atoms with van der Waals surface area (Å²) in [6.07, 6.45) is 1.62. The molecule has 2 N–H and O–H groups in total. The molecular weight excluding hydrogens is 276 g/mol. The van der Waals surface area contributed by atoms with Crippen molar-refractivity contribution in [1.29, 1.82) is 0 Å².